The second-order valence-electron chi connectivity index (χ2n) is 3.03. The summed E-state index contributed by atoms with van der Waals surface area (Å²) in [6.07, 6.45) is 1.22. The Labute approximate surface area is 84.3 Å². The molecule has 2 nitrogen and oxygen atoms in total. The van der Waals surface area contributed by atoms with Crippen molar-refractivity contribution in [1.29, 1.82) is 0 Å². The van der Waals surface area contributed by atoms with Crippen LogP contribution in [-0.2, 0) is 15.6 Å². The molecular weight excluding hydrogens is 204 g/mol. The summed E-state index contributed by atoms with van der Waals surface area (Å²) in [5.74, 6) is 0.630. The van der Waals surface area contributed by atoms with E-state index in [0.717, 1.165) is 11.1 Å². The van der Waals surface area contributed by atoms with Crippen LogP contribution < -0.4 is 0 Å². The fourth-order valence-electron chi connectivity index (χ4n) is 1.23. The van der Waals surface area contributed by atoms with E-state index in [-0.39, 0.29) is 0 Å². The van der Waals surface area contributed by atoms with Gasteiger partial charge in [0.15, 0.2) is 9.84 Å². The third kappa shape index (κ3) is 2.48. The van der Waals surface area contributed by atoms with Gasteiger partial charge in [0.1, 0.15) is 0 Å². The molecule has 0 aliphatic heterocycles. The number of sulfone groups is 1. The molecule has 13 heavy (non-hydrogen) atoms. The van der Waals surface area contributed by atoms with E-state index < -0.39 is 9.84 Å². The van der Waals surface area contributed by atoms with Gasteiger partial charge >= 0.3 is 0 Å². The van der Waals surface area contributed by atoms with Crippen LogP contribution in [0.25, 0.3) is 0 Å². The largest absolute Gasteiger partial charge is 0.224 e. The number of rotatable bonds is 2. The molecule has 0 fully saturated rings. The zero-order chi connectivity index (χ0) is 10.1. The smallest absolute Gasteiger partial charge is 0.175 e. The number of benzene rings is 1. The average Bonchev–Trinajstić information content (AvgIpc) is 2.01. The third-order valence-corrected chi connectivity index (χ3v) is 3.44. The first-order chi connectivity index (χ1) is 5.95. The van der Waals surface area contributed by atoms with Crippen LogP contribution in [0.1, 0.15) is 11.1 Å². The highest BCUT2D eigenvalue weighted by Crippen LogP contribution is 2.17. The fourth-order valence-corrected chi connectivity index (χ4v) is 2.38. The topological polar surface area (TPSA) is 34.1 Å². The Bertz CT molecular complexity index is 408. The lowest BCUT2D eigenvalue weighted by Crippen LogP contribution is -2.00. The van der Waals surface area contributed by atoms with Gasteiger partial charge in [0.25, 0.3) is 0 Å². The minimum atomic E-state index is -3.08. The van der Waals surface area contributed by atoms with E-state index >= 15 is 0 Å². The lowest BCUT2D eigenvalue weighted by atomic mass is 10.2. The maximum absolute atomic E-state index is 11.2. The highest BCUT2D eigenvalue weighted by Gasteiger charge is 2.09. The predicted molar refractivity (Wildman–Crippen MR) is 57.0 cm³/mol. The van der Waals surface area contributed by atoms with Crippen molar-refractivity contribution in [2.75, 3.05) is 6.26 Å². The first kappa shape index (κ1) is 10.6. The minimum Gasteiger partial charge on any atom is -0.224 e. The second-order valence-corrected chi connectivity index (χ2v) is 5.33. The zero-order valence-corrected chi connectivity index (χ0v) is 9.32. The van der Waals surface area contributed by atoms with Crippen molar-refractivity contribution in [3.8, 4) is 0 Å². The van der Waals surface area contributed by atoms with Crippen molar-refractivity contribution >= 4 is 22.5 Å². The van der Waals surface area contributed by atoms with Crippen LogP contribution in [0.4, 0.5) is 0 Å². The summed E-state index contributed by atoms with van der Waals surface area (Å²) in [4.78, 5) is 0.401. The predicted octanol–water partition coefficient (Wildman–Crippen LogP) is 1.83. The molecule has 72 valence electrons. The maximum Gasteiger partial charge on any atom is 0.175 e. The van der Waals surface area contributed by atoms with Crippen LogP contribution >= 0.6 is 12.6 Å². The summed E-state index contributed by atoms with van der Waals surface area (Å²) in [5.41, 5.74) is 1.82. The fraction of sp³-hybridized carbons (Fsp3) is 0.333. The molecule has 0 N–H and O–H groups in total. The Morgan fingerprint density at radius 1 is 1.38 bits per heavy atom. The number of aryl methyl sites for hydroxylation is 1. The van der Waals surface area contributed by atoms with E-state index in [1.54, 1.807) is 19.1 Å². The Morgan fingerprint density at radius 3 is 2.38 bits per heavy atom. The summed E-state index contributed by atoms with van der Waals surface area (Å²) >= 11 is 4.11. The van der Waals surface area contributed by atoms with Crippen molar-refractivity contribution in [1.82, 2.24) is 0 Å². The highest BCUT2D eigenvalue weighted by atomic mass is 32.2. The van der Waals surface area contributed by atoms with E-state index in [4.69, 9.17) is 0 Å². The van der Waals surface area contributed by atoms with E-state index in [1.807, 2.05) is 6.07 Å². The SMILES string of the molecule is Cc1cc(CS)ccc1S(C)(=O)=O. The van der Waals surface area contributed by atoms with Gasteiger partial charge in [0, 0.05) is 12.0 Å². The van der Waals surface area contributed by atoms with Gasteiger partial charge in [-0.2, -0.15) is 12.6 Å². The van der Waals surface area contributed by atoms with Crippen LogP contribution in [0.15, 0.2) is 23.1 Å². The summed E-state index contributed by atoms with van der Waals surface area (Å²) in [5, 5.41) is 0. The molecule has 0 radical (unpaired) electrons. The molecular formula is C9H12O2S2. The third-order valence-electron chi connectivity index (χ3n) is 1.82. The zero-order valence-electron chi connectivity index (χ0n) is 7.61. The van der Waals surface area contributed by atoms with Gasteiger partial charge in [-0.3, -0.25) is 0 Å². The Balaban J connectivity index is 3.29. The van der Waals surface area contributed by atoms with Crippen LogP contribution in [0, 0.1) is 6.92 Å². The number of hydrogen-bond donors (Lipinski definition) is 1. The normalized spacial score (nSPS) is 11.6. The van der Waals surface area contributed by atoms with E-state index in [0.29, 0.717) is 10.6 Å². The van der Waals surface area contributed by atoms with Gasteiger partial charge in [-0.15, -0.1) is 0 Å². The molecule has 0 saturated heterocycles. The lowest BCUT2D eigenvalue weighted by molar-refractivity contribution is 0.601. The van der Waals surface area contributed by atoms with Gasteiger partial charge in [0.05, 0.1) is 4.90 Å². The quantitative estimate of drug-likeness (QED) is 0.765. The first-order valence-corrected chi connectivity index (χ1v) is 6.38. The molecule has 0 spiro atoms. The summed E-state index contributed by atoms with van der Waals surface area (Å²) in [6.45, 7) is 1.79. The monoisotopic (exact) mass is 216 g/mol. The molecule has 0 atom stereocenters. The molecule has 0 aliphatic carbocycles. The average molecular weight is 216 g/mol. The van der Waals surface area contributed by atoms with Gasteiger partial charge in [0.2, 0.25) is 0 Å². The van der Waals surface area contributed by atoms with E-state index in [1.165, 1.54) is 6.26 Å². The van der Waals surface area contributed by atoms with Crippen LogP contribution in [0.2, 0.25) is 0 Å². The van der Waals surface area contributed by atoms with Crippen molar-refractivity contribution in [2.24, 2.45) is 0 Å². The van der Waals surface area contributed by atoms with Gasteiger partial charge < -0.3 is 0 Å². The van der Waals surface area contributed by atoms with Crippen molar-refractivity contribution in [3.63, 3.8) is 0 Å². The van der Waals surface area contributed by atoms with Crippen LogP contribution in [0.5, 0.6) is 0 Å². The molecule has 0 saturated carbocycles. The summed E-state index contributed by atoms with van der Waals surface area (Å²) in [6, 6.07) is 5.27. The van der Waals surface area contributed by atoms with Crippen molar-refractivity contribution < 1.29 is 8.42 Å². The Kier molecular flexibility index (Phi) is 3.03. The molecule has 0 aliphatic rings. The lowest BCUT2D eigenvalue weighted by Gasteiger charge is -2.04. The van der Waals surface area contributed by atoms with E-state index in [9.17, 15) is 8.42 Å². The molecule has 1 aromatic rings. The molecule has 0 unspecified atom stereocenters. The molecule has 0 bridgehead atoms. The molecule has 1 rings (SSSR count). The van der Waals surface area contributed by atoms with Crippen LogP contribution in [-0.4, -0.2) is 14.7 Å². The standard InChI is InChI=1S/C9H12O2S2/c1-7-5-8(6-12)3-4-9(7)13(2,10)11/h3-5,12H,6H2,1-2H3. The van der Waals surface area contributed by atoms with Crippen LogP contribution in [0.3, 0.4) is 0 Å². The summed E-state index contributed by atoms with van der Waals surface area (Å²) in [7, 11) is -3.08. The highest BCUT2D eigenvalue weighted by molar-refractivity contribution is 7.90. The molecule has 0 aromatic heterocycles. The first-order valence-electron chi connectivity index (χ1n) is 3.85. The molecule has 0 heterocycles. The second kappa shape index (κ2) is 3.72. The molecule has 1 aromatic carbocycles. The minimum absolute atomic E-state index is 0.401. The summed E-state index contributed by atoms with van der Waals surface area (Å²) < 4.78 is 22.5. The van der Waals surface area contributed by atoms with Gasteiger partial charge in [-0.25, -0.2) is 8.42 Å². The molecule has 0 amide bonds. The molecule has 4 heteroatoms. The van der Waals surface area contributed by atoms with Gasteiger partial charge in [-0.05, 0) is 24.1 Å². The number of hydrogen-bond acceptors (Lipinski definition) is 3. The Hall–Kier alpha value is -0.480. The van der Waals surface area contributed by atoms with Crippen molar-refractivity contribution in [2.45, 2.75) is 17.6 Å². The maximum atomic E-state index is 11.2. The van der Waals surface area contributed by atoms with E-state index in [2.05, 4.69) is 12.6 Å². The van der Waals surface area contributed by atoms with Crippen molar-refractivity contribution in [3.05, 3.63) is 29.3 Å². The van der Waals surface area contributed by atoms with Gasteiger partial charge in [-0.1, -0.05) is 12.1 Å². The number of thiol groups is 1. The Morgan fingerprint density at radius 2 is 2.00 bits per heavy atom.